The van der Waals surface area contributed by atoms with E-state index < -0.39 is 5.76 Å². The van der Waals surface area contributed by atoms with Crippen molar-refractivity contribution in [2.75, 3.05) is 0 Å². The normalized spacial score (nSPS) is 11.0. The van der Waals surface area contributed by atoms with Crippen LogP contribution in [-0.4, -0.2) is 10.4 Å². The van der Waals surface area contributed by atoms with Crippen molar-refractivity contribution < 1.29 is 9.21 Å². The van der Waals surface area contributed by atoms with Gasteiger partial charge in [0.15, 0.2) is 11.4 Å². The van der Waals surface area contributed by atoms with Gasteiger partial charge in [0, 0.05) is 5.56 Å². The molecular weight excluding hydrogens is 266 g/mol. The molecule has 106 valence electrons. The molecule has 0 saturated heterocycles. The number of hydrogen-bond donors (Lipinski definition) is 0. The molecule has 2 aromatic carbocycles. The number of hydrogen-bond acceptors (Lipinski definition) is 3. The van der Waals surface area contributed by atoms with Crippen LogP contribution in [0, 0.1) is 6.92 Å². The third-order valence-corrected chi connectivity index (χ3v) is 3.66. The number of oxazole rings is 1. The molecule has 0 unspecified atom stereocenters. The zero-order valence-corrected chi connectivity index (χ0v) is 11.9. The Bertz CT molecular complexity index is 886. The van der Waals surface area contributed by atoms with Gasteiger partial charge in [0.2, 0.25) is 0 Å². The number of nitrogens with zero attached hydrogens (tertiary/aromatic N) is 1. The van der Waals surface area contributed by atoms with Crippen molar-refractivity contribution >= 4 is 16.9 Å². The number of aryl methyl sites for hydroxylation is 1. The first-order chi connectivity index (χ1) is 10.1. The van der Waals surface area contributed by atoms with Crippen LogP contribution in [0.5, 0.6) is 0 Å². The molecule has 3 aromatic rings. The van der Waals surface area contributed by atoms with Crippen molar-refractivity contribution in [1.82, 2.24) is 4.57 Å². The third kappa shape index (κ3) is 2.40. The Morgan fingerprint density at radius 1 is 1.19 bits per heavy atom. The second-order valence-electron chi connectivity index (χ2n) is 5.12. The minimum Gasteiger partial charge on any atom is -0.408 e. The zero-order valence-electron chi connectivity index (χ0n) is 11.9. The molecule has 0 atom stereocenters. The van der Waals surface area contributed by atoms with Crippen LogP contribution < -0.4 is 5.76 Å². The van der Waals surface area contributed by atoms with E-state index in [2.05, 4.69) is 0 Å². The van der Waals surface area contributed by atoms with Gasteiger partial charge in [-0.25, -0.2) is 4.79 Å². The summed E-state index contributed by atoms with van der Waals surface area (Å²) in [5.41, 5.74) is 3.88. The van der Waals surface area contributed by atoms with E-state index in [9.17, 15) is 9.59 Å². The largest absolute Gasteiger partial charge is 0.420 e. The van der Waals surface area contributed by atoms with Crippen molar-refractivity contribution in [1.29, 1.82) is 0 Å². The van der Waals surface area contributed by atoms with E-state index in [4.69, 9.17) is 4.42 Å². The molecule has 0 saturated carbocycles. The maximum Gasteiger partial charge on any atom is 0.420 e. The van der Waals surface area contributed by atoms with Crippen LogP contribution in [0.15, 0.2) is 51.7 Å². The first-order valence-electron chi connectivity index (χ1n) is 6.75. The molecule has 21 heavy (non-hydrogen) atoms. The summed E-state index contributed by atoms with van der Waals surface area (Å²) in [6.07, 6.45) is 0. The Balaban J connectivity index is 2.11. The molecule has 0 amide bonds. The molecule has 4 nitrogen and oxygen atoms in total. The lowest BCUT2D eigenvalue weighted by Gasteiger charge is -2.06. The maximum absolute atomic E-state index is 12.0. The predicted octanol–water partition coefficient (Wildman–Crippen LogP) is 3.15. The lowest BCUT2D eigenvalue weighted by molar-refractivity contribution is 0.101. The first-order valence-corrected chi connectivity index (χ1v) is 6.75. The van der Waals surface area contributed by atoms with Crippen molar-refractivity contribution in [3.05, 3.63) is 69.7 Å². The lowest BCUT2D eigenvalue weighted by Crippen LogP contribution is -2.15. The summed E-state index contributed by atoms with van der Waals surface area (Å²) in [4.78, 5) is 23.4. The molecule has 1 aromatic heterocycles. The highest BCUT2D eigenvalue weighted by Gasteiger charge is 2.12. The van der Waals surface area contributed by atoms with Crippen LogP contribution in [0.3, 0.4) is 0 Å². The van der Waals surface area contributed by atoms with E-state index in [1.54, 1.807) is 22.8 Å². The quantitative estimate of drug-likeness (QED) is 0.693. The molecule has 1 heterocycles. The number of carbonyl (C=O) groups is 1. The predicted molar refractivity (Wildman–Crippen MR) is 80.8 cm³/mol. The summed E-state index contributed by atoms with van der Waals surface area (Å²) in [6, 6.07) is 13.0. The van der Waals surface area contributed by atoms with E-state index in [1.165, 1.54) is 6.92 Å². The molecule has 3 rings (SSSR count). The van der Waals surface area contributed by atoms with Crippen LogP contribution >= 0.6 is 0 Å². The summed E-state index contributed by atoms with van der Waals surface area (Å²) in [5, 5.41) is 0. The minimum atomic E-state index is -0.408. The topological polar surface area (TPSA) is 52.2 Å². The number of aromatic nitrogens is 1. The molecule has 0 bridgehead atoms. The second kappa shape index (κ2) is 5.05. The van der Waals surface area contributed by atoms with E-state index in [-0.39, 0.29) is 5.78 Å². The Morgan fingerprint density at radius 2 is 1.95 bits per heavy atom. The lowest BCUT2D eigenvalue weighted by atomic mass is 10.1. The van der Waals surface area contributed by atoms with Crippen molar-refractivity contribution in [2.24, 2.45) is 0 Å². The number of fused-ring (bicyclic) bond motifs is 1. The van der Waals surface area contributed by atoms with Gasteiger partial charge in [-0.1, -0.05) is 24.3 Å². The summed E-state index contributed by atoms with van der Waals surface area (Å²) in [6.45, 7) is 3.96. The van der Waals surface area contributed by atoms with Gasteiger partial charge in [0.1, 0.15) is 0 Å². The van der Waals surface area contributed by atoms with Crippen LogP contribution in [0.25, 0.3) is 11.1 Å². The maximum atomic E-state index is 12.0. The van der Waals surface area contributed by atoms with Crippen LogP contribution in [-0.2, 0) is 6.54 Å². The first kappa shape index (κ1) is 13.4. The van der Waals surface area contributed by atoms with Gasteiger partial charge in [-0.05, 0) is 43.2 Å². The van der Waals surface area contributed by atoms with Crippen LogP contribution in [0.2, 0.25) is 0 Å². The van der Waals surface area contributed by atoms with E-state index >= 15 is 0 Å². The van der Waals surface area contributed by atoms with Gasteiger partial charge in [0.25, 0.3) is 0 Å². The fourth-order valence-corrected chi connectivity index (χ4v) is 2.39. The van der Waals surface area contributed by atoms with Gasteiger partial charge >= 0.3 is 5.76 Å². The Morgan fingerprint density at radius 3 is 2.67 bits per heavy atom. The SMILES string of the molecule is CC(=O)c1ccc2c(c1)oc(=O)n2Cc1ccccc1C. The molecule has 0 aliphatic heterocycles. The average Bonchev–Trinajstić information content (AvgIpc) is 2.76. The van der Waals surface area contributed by atoms with E-state index in [0.29, 0.717) is 23.2 Å². The Hall–Kier alpha value is -2.62. The molecule has 0 spiro atoms. The van der Waals surface area contributed by atoms with Crippen LogP contribution in [0.1, 0.15) is 28.4 Å². The molecule has 0 N–H and O–H groups in total. The fourth-order valence-electron chi connectivity index (χ4n) is 2.39. The summed E-state index contributed by atoms with van der Waals surface area (Å²) in [7, 11) is 0. The summed E-state index contributed by atoms with van der Waals surface area (Å²) >= 11 is 0. The standard InChI is InChI=1S/C17H15NO3/c1-11-5-3-4-6-14(11)10-18-15-8-7-13(12(2)19)9-16(15)21-17(18)20/h3-9H,10H2,1-2H3. The van der Waals surface area contributed by atoms with Crippen molar-refractivity contribution in [2.45, 2.75) is 20.4 Å². The second-order valence-corrected chi connectivity index (χ2v) is 5.12. The highest BCUT2D eigenvalue weighted by molar-refractivity contribution is 5.96. The number of benzene rings is 2. The zero-order chi connectivity index (χ0) is 15.0. The molecule has 0 fully saturated rings. The van der Waals surface area contributed by atoms with Crippen molar-refractivity contribution in [3.63, 3.8) is 0 Å². The van der Waals surface area contributed by atoms with Gasteiger partial charge in [0.05, 0.1) is 12.1 Å². The number of carbonyl (C=O) groups excluding carboxylic acids is 1. The molecule has 0 aliphatic rings. The molecule has 0 aliphatic carbocycles. The fraction of sp³-hybridized carbons (Fsp3) is 0.176. The minimum absolute atomic E-state index is 0.0498. The number of Topliss-reactive ketones (excluding diaryl/α,β-unsaturated/α-hetero) is 1. The van der Waals surface area contributed by atoms with Crippen LogP contribution in [0.4, 0.5) is 0 Å². The van der Waals surface area contributed by atoms with Gasteiger partial charge in [-0.3, -0.25) is 9.36 Å². The highest BCUT2D eigenvalue weighted by atomic mass is 16.4. The smallest absolute Gasteiger partial charge is 0.408 e. The Labute approximate surface area is 121 Å². The highest BCUT2D eigenvalue weighted by Crippen LogP contribution is 2.18. The molecule has 4 heteroatoms. The summed E-state index contributed by atoms with van der Waals surface area (Å²) in [5.74, 6) is -0.458. The average molecular weight is 281 g/mol. The number of rotatable bonds is 3. The van der Waals surface area contributed by atoms with Crippen molar-refractivity contribution in [3.8, 4) is 0 Å². The van der Waals surface area contributed by atoms with E-state index in [1.807, 2.05) is 31.2 Å². The summed E-state index contributed by atoms with van der Waals surface area (Å²) < 4.78 is 6.84. The van der Waals surface area contributed by atoms with Gasteiger partial charge in [-0.2, -0.15) is 0 Å². The van der Waals surface area contributed by atoms with Gasteiger partial charge < -0.3 is 4.42 Å². The molecular formula is C17H15NO3. The van der Waals surface area contributed by atoms with Gasteiger partial charge in [-0.15, -0.1) is 0 Å². The monoisotopic (exact) mass is 281 g/mol. The van der Waals surface area contributed by atoms with E-state index in [0.717, 1.165) is 11.1 Å². The third-order valence-electron chi connectivity index (χ3n) is 3.66. The molecule has 0 radical (unpaired) electrons. The number of ketones is 1. The Kier molecular flexibility index (Phi) is 3.22.